The highest BCUT2D eigenvalue weighted by Crippen LogP contribution is 2.45. The monoisotopic (exact) mass is 865 g/mol. The van der Waals surface area contributed by atoms with Crippen molar-refractivity contribution in [1.82, 2.24) is 24.1 Å². The Labute approximate surface area is 391 Å². The molecular weight excluding hydrogens is 827 g/mol. The minimum absolute atomic E-state index is 0.639. The number of benzene rings is 11. The van der Waals surface area contributed by atoms with Crippen molar-refractivity contribution in [2.45, 2.75) is 0 Å². The normalized spacial score (nSPS) is 11.8. The van der Waals surface area contributed by atoms with E-state index in [4.69, 9.17) is 15.0 Å². The van der Waals surface area contributed by atoms with Crippen LogP contribution in [0, 0.1) is 0 Å². The second-order valence-corrected chi connectivity index (χ2v) is 17.6. The van der Waals surface area contributed by atoms with Crippen LogP contribution in [0.15, 0.2) is 237 Å². The number of fused-ring (bicyclic) bond motifs is 10. The van der Waals surface area contributed by atoms with Crippen molar-refractivity contribution < 1.29 is 0 Å². The lowest BCUT2D eigenvalue weighted by Crippen LogP contribution is -2.00. The van der Waals surface area contributed by atoms with Gasteiger partial charge in [-0.2, -0.15) is 0 Å². The molecule has 0 N–H and O–H groups in total. The van der Waals surface area contributed by atoms with Crippen molar-refractivity contribution in [2.24, 2.45) is 0 Å². The standard InChI is InChI=1S/C63H39N5/c1-4-18-41(19-5-1)53-38-59-60(51-28-13-12-26-49(51)53)55-37-54-50-27-14-15-30-56(50)67(57(54)39-58(55)68(59)46-32-31-40-17-10-11-24-44(40)35-46)47-33-34-48-45(36-47)25-16-29-52(48)63-65-61(42-20-6-2-7-21-42)64-62(66-63)43-22-8-3-9-23-43/h1-39H. The molecule has 0 saturated heterocycles. The van der Waals surface area contributed by atoms with Gasteiger partial charge in [-0.1, -0.05) is 188 Å². The summed E-state index contributed by atoms with van der Waals surface area (Å²) in [6, 6.07) is 84.9. The van der Waals surface area contributed by atoms with Crippen LogP contribution in [-0.2, 0) is 0 Å². The van der Waals surface area contributed by atoms with Gasteiger partial charge in [0, 0.05) is 49.6 Å². The molecule has 5 nitrogen and oxygen atoms in total. The van der Waals surface area contributed by atoms with Crippen LogP contribution < -0.4 is 0 Å². The van der Waals surface area contributed by atoms with Crippen molar-refractivity contribution in [3.8, 4) is 56.7 Å². The van der Waals surface area contributed by atoms with Crippen molar-refractivity contribution in [2.75, 3.05) is 0 Å². The molecule has 3 aromatic heterocycles. The van der Waals surface area contributed by atoms with Gasteiger partial charge < -0.3 is 9.13 Å². The minimum atomic E-state index is 0.639. The van der Waals surface area contributed by atoms with Gasteiger partial charge in [0.1, 0.15) is 0 Å². The molecule has 0 saturated carbocycles. The molecule has 14 rings (SSSR count). The van der Waals surface area contributed by atoms with E-state index in [1.807, 2.05) is 60.7 Å². The highest BCUT2D eigenvalue weighted by atomic mass is 15.0. The van der Waals surface area contributed by atoms with Gasteiger partial charge in [-0.15, -0.1) is 0 Å². The smallest absolute Gasteiger partial charge is 0.164 e. The summed E-state index contributed by atoms with van der Waals surface area (Å²) >= 11 is 0. The zero-order chi connectivity index (χ0) is 44.7. The fourth-order valence-corrected chi connectivity index (χ4v) is 10.6. The fraction of sp³-hybridized carbons (Fsp3) is 0. The van der Waals surface area contributed by atoms with Crippen molar-refractivity contribution >= 4 is 75.9 Å². The molecule has 0 bridgehead atoms. The van der Waals surface area contributed by atoms with E-state index in [2.05, 4.69) is 185 Å². The van der Waals surface area contributed by atoms with E-state index < -0.39 is 0 Å². The summed E-state index contributed by atoms with van der Waals surface area (Å²) in [5.74, 6) is 1.93. The van der Waals surface area contributed by atoms with Gasteiger partial charge in [0.25, 0.3) is 0 Å². The Balaban J connectivity index is 1.02. The predicted molar refractivity (Wildman–Crippen MR) is 283 cm³/mol. The molecule has 0 aliphatic rings. The van der Waals surface area contributed by atoms with Crippen LogP contribution in [0.5, 0.6) is 0 Å². The molecule has 3 heterocycles. The molecule has 0 aliphatic heterocycles. The molecule has 11 aromatic carbocycles. The SMILES string of the molecule is c1ccc(-c2nc(-c3ccccc3)nc(-c3cccc4cc(-n5c6ccccc6c6cc7c8c9ccccc9c(-c9ccccc9)cc8n(-c8ccc9ccccc9c8)c7cc65)ccc34)n2)cc1. The van der Waals surface area contributed by atoms with Gasteiger partial charge in [0.2, 0.25) is 0 Å². The Bertz CT molecular complexity index is 4250. The average molecular weight is 866 g/mol. The van der Waals surface area contributed by atoms with Gasteiger partial charge in [-0.05, 0) is 92.0 Å². The lowest BCUT2D eigenvalue weighted by Gasteiger charge is -2.13. The van der Waals surface area contributed by atoms with Crippen molar-refractivity contribution in [1.29, 1.82) is 0 Å². The number of rotatable bonds is 6. The maximum Gasteiger partial charge on any atom is 0.164 e. The second-order valence-electron chi connectivity index (χ2n) is 17.6. The summed E-state index contributed by atoms with van der Waals surface area (Å²) in [4.78, 5) is 15.2. The van der Waals surface area contributed by atoms with Crippen LogP contribution in [0.25, 0.3) is 133 Å². The molecule has 0 unspecified atom stereocenters. The molecule has 14 aromatic rings. The van der Waals surface area contributed by atoms with E-state index >= 15 is 0 Å². The second kappa shape index (κ2) is 15.2. The van der Waals surface area contributed by atoms with E-state index in [1.165, 1.54) is 59.7 Å². The number of para-hydroxylation sites is 1. The van der Waals surface area contributed by atoms with Crippen LogP contribution in [0.4, 0.5) is 0 Å². The Kier molecular flexibility index (Phi) is 8.52. The predicted octanol–water partition coefficient (Wildman–Crippen LogP) is 16.2. The highest BCUT2D eigenvalue weighted by molar-refractivity contribution is 6.27. The first-order chi connectivity index (χ1) is 33.7. The van der Waals surface area contributed by atoms with Gasteiger partial charge in [0.05, 0.1) is 22.1 Å². The minimum Gasteiger partial charge on any atom is -0.309 e. The number of hydrogen-bond acceptors (Lipinski definition) is 3. The molecule has 0 amide bonds. The fourth-order valence-electron chi connectivity index (χ4n) is 10.6. The van der Waals surface area contributed by atoms with Gasteiger partial charge in [0.15, 0.2) is 17.5 Å². The van der Waals surface area contributed by atoms with Gasteiger partial charge >= 0.3 is 0 Å². The molecule has 316 valence electrons. The van der Waals surface area contributed by atoms with Gasteiger partial charge in [-0.3, -0.25) is 0 Å². The molecule has 68 heavy (non-hydrogen) atoms. The Morgan fingerprint density at radius 2 is 0.794 bits per heavy atom. The maximum atomic E-state index is 5.11. The van der Waals surface area contributed by atoms with Crippen LogP contribution in [0.2, 0.25) is 0 Å². The lowest BCUT2D eigenvalue weighted by atomic mass is 9.94. The molecule has 0 radical (unpaired) electrons. The molecule has 0 aliphatic carbocycles. The number of nitrogens with zero attached hydrogens (tertiary/aromatic N) is 5. The number of aromatic nitrogens is 5. The lowest BCUT2D eigenvalue weighted by molar-refractivity contribution is 1.08. The third kappa shape index (κ3) is 5.99. The Morgan fingerprint density at radius 3 is 1.53 bits per heavy atom. The molecular formula is C63H39N5. The molecule has 0 fully saturated rings. The van der Waals surface area contributed by atoms with Crippen molar-refractivity contribution in [3.05, 3.63) is 237 Å². The maximum absolute atomic E-state index is 5.11. The van der Waals surface area contributed by atoms with Gasteiger partial charge in [-0.25, -0.2) is 15.0 Å². The third-order valence-electron chi connectivity index (χ3n) is 13.7. The van der Waals surface area contributed by atoms with E-state index in [0.717, 1.165) is 55.4 Å². The first-order valence-corrected chi connectivity index (χ1v) is 23.1. The molecule has 5 heteroatoms. The van der Waals surface area contributed by atoms with Crippen LogP contribution in [0.1, 0.15) is 0 Å². The highest BCUT2D eigenvalue weighted by Gasteiger charge is 2.22. The first kappa shape index (κ1) is 38.1. The summed E-state index contributed by atoms with van der Waals surface area (Å²) in [6.07, 6.45) is 0. The summed E-state index contributed by atoms with van der Waals surface area (Å²) in [5, 5.41) is 12.0. The zero-order valence-electron chi connectivity index (χ0n) is 36.8. The first-order valence-electron chi connectivity index (χ1n) is 23.1. The quantitative estimate of drug-likeness (QED) is 0.167. The molecule has 0 atom stereocenters. The topological polar surface area (TPSA) is 48.5 Å². The number of hydrogen-bond donors (Lipinski definition) is 0. The summed E-state index contributed by atoms with van der Waals surface area (Å²) in [5.41, 5.74) is 12.1. The van der Waals surface area contributed by atoms with Crippen LogP contribution in [0.3, 0.4) is 0 Å². The third-order valence-corrected chi connectivity index (χ3v) is 13.7. The summed E-state index contributed by atoms with van der Waals surface area (Å²) in [6.45, 7) is 0. The average Bonchev–Trinajstić information content (AvgIpc) is 3.92. The van der Waals surface area contributed by atoms with E-state index in [-0.39, 0.29) is 0 Å². The summed E-state index contributed by atoms with van der Waals surface area (Å²) < 4.78 is 4.93. The Morgan fingerprint density at radius 1 is 0.250 bits per heavy atom. The van der Waals surface area contributed by atoms with Crippen molar-refractivity contribution in [3.63, 3.8) is 0 Å². The van der Waals surface area contributed by atoms with E-state index in [1.54, 1.807) is 0 Å². The zero-order valence-corrected chi connectivity index (χ0v) is 36.8. The molecule has 0 spiro atoms. The van der Waals surface area contributed by atoms with E-state index in [0.29, 0.717) is 17.5 Å². The van der Waals surface area contributed by atoms with Crippen LogP contribution >= 0.6 is 0 Å². The summed E-state index contributed by atoms with van der Waals surface area (Å²) in [7, 11) is 0. The van der Waals surface area contributed by atoms with E-state index in [9.17, 15) is 0 Å². The Hall–Kier alpha value is -9.19. The largest absolute Gasteiger partial charge is 0.309 e. The van der Waals surface area contributed by atoms with Crippen LogP contribution in [-0.4, -0.2) is 24.1 Å².